The van der Waals surface area contributed by atoms with Gasteiger partial charge in [-0.1, -0.05) is 17.7 Å². The lowest BCUT2D eigenvalue weighted by Gasteiger charge is -2.33. The van der Waals surface area contributed by atoms with Crippen LogP contribution in [0.25, 0.3) is 5.69 Å². The molecule has 176 valence electrons. The Hall–Kier alpha value is -3.41. The molecule has 2 amide bonds. The zero-order valence-corrected chi connectivity index (χ0v) is 20.2. The number of likely N-dealkylation sites (tertiary alicyclic amines) is 1. The number of anilines is 1. The van der Waals surface area contributed by atoms with Crippen LogP contribution in [0.2, 0.25) is 0 Å². The van der Waals surface area contributed by atoms with Crippen molar-refractivity contribution in [3.05, 3.63) is 76.1 Å². The summed E-state index contributed by atoms with van der Waals surface area (Å²) in [6.45, 7) is 6.92. The smallest absolute Gasteiger partial charge is 0.276 e. The van der Waals surface area contributed by atoms with Gasteiger partial charge in [0.05, 0.1) is 5.69 Å². The number of nitrogens with zero attached hydrogens (tertiary/aromatic N) is 3. The second kappa shape index (κ2) is 9.09. The Kier molecular flexibility index (Phi) is 5.98. The van der Waals surface area contributed by atoms with Gasteiger partial charge in [-0.15, -0.1) is 0 Å². The zero-order valence-electron chi connectivity index (χ0n) is 20.2. The Bertz CT molecular complexity index is 1240. The van der Waals surface area contributed by atoms with Gasteiger partial charge in [-0.3, -0.25) is 9.59 Å². The number of carbonyl (C=O) groups is 2. The topological polar surface area (TPSA) is 67.2 Å². The van der Waals surface area contributed by atoms with E-state index >= 15 is 0 Å². The standard InChI is InChI=1S/C28H32N4O2/c1-18-10-13-22(14-11-18)32-25-9-6-8-23(25)26(30-32)27(33)29-24-15-12-21(17-19(24)2)28(34)31-16-5-4-7-20(31)3/h10-15,17,20H,4-9,16H2,1-3H3,(H,29,33)/t20-/m1/s1. The Balaban J connectivity index is 1.37. The van der Waals surface area contributed by atoms with E-state index in [0.717, 1.165) is 61.2 Å². The van der Waals surface area contributed by atoms with E-state index in [0.29, 0.717) is 16.9 Å². The molecule has 0 radical (unpaired) electrons. The van der Waals surface area contributed by atoms with E-state index in [9.17, 15) is 9.59 Å². The van der Waals surface area contributed by atoms with Crippen molar-refractivity contribution in [1.29, 1.82) is 0 Å². The number of rotatable bonds is 4. The molecule has 2 aromatic carbocycles. The maximum absolute atomic E-state index is 13.3. The van der Waals surface area contributed by atoms with Gasteiger partial charge in [0.2, 0.25) is 0 Å². The van der Waals surface area contributed by atoms with Gasteiger partial charge >= 0.3 is 0 Å². The van der Waals surface area contributed by atoms with Crippen LogP contribution in [0.15, 0.2) is 42.5 Å². The number of benzene rings is 2. The van der Waals surface area contributed by atoms with Crippen molar-refractivity contribution in [2.24, 2.45) is 0 Å². The molecule has 1 aliphatic heterocycles. The lowest BCUT2D eigenvalue weighted by Crippen LogP contribution is -2.42. The highest BCUT2D eigenvalue weighted by Gasteiger charge is 2.28. The Morgan fingerprint density at radius 2 is 1.79 bits per heavy atom. The number of aromatic nitrogens is 2. The monoisotopic (exact) mass is 456 g/mol. The van der Waals surface area contributed by atoms with Gasteiger partial charge in [-0.2, -0.15) is 5.10 Å². The van der Waals surface area contributed by atoms with Gasteiger partial charge in [0.25, 0.3) is 11.8 Å². The molecule has 5 rings (SSSR count). The third-order valence-electron chi connectivity index (χ3n) is 7.21. The molecule has 6 heteroatoms. The third kappa shape index (κ3) is 4.13. The molecule has 0 bridgehead atoms. The molecule has 2 aliphatic rings. The summed E-state index contributed by atoms with van der Waals surface area (Å²) in [5, 5.41) is 7.76. The molecule has 1 N–H and O–H groups in total. The van der Waals surface area contributed by atoms with Gasteiger partial charge in [0.15, 0.2) is 5.69 Å². The van der Waals surface area contributed by atoms with Gasteiger partial charge in [-0.05, 0) is 95.2 Å². The maximum atomic E-state index is 13.3. The molecule has 1 saturated heterocycles. The van der Waals surface area contributed by atoms with Crippen molar-refractivity contribution < 1.29 is 9.59 Å². The van der Waals surface area contributed by atoms with Crippen LogP contribution in [0.1, 0.15) is 75.8 Å². The van der Waals surface area contributed by atoms with Gasteiger partial charge in [-0.25, -0.2) is 4.68 Å². The van der Waals surface area contributed by atoms with E-state index in [1.54, 1.807) is 0 Å². The number of hydrogen-bond acceptors (Lipinski definition) is 3. The summed E-state index contributed by atoms with van der Waals surface area (Å²) < 4.78 is 1.92. The van der Waals surface area contributed by atoms with E-state index in [-0.39, 0.29) is 17.9 Å². The summed E-state index contributed by atoms with van der Waals surface area (Å²) in [4.78, 5) is 28.3. The van der Waals surface area contributed by atoms with E-state index in [2.05, 4.69) is 31.3 Å². The van der Waals surface area contributed by atoms with E-state index in [1.165, 1.54) is 12.0 Å². The second-order valence-corrected chi connectivity index (χ2v) is 9.70. The quantitative estimate of drug-likeness (QED) is 0.583. The first kappa shape index (κ1) is 22.4. The molecule has 34 heavy (non-hydrogen) atoms. The first-order valence-electron chi connectivity index (χ1n) is 12.3. The highest BCUT2D eigenvalue weighted by atomic mass is 16.2. The Morgan fingerprint density at radius 1 is 1.00 bits per heavy atom. The van der Waals surface area contributed by atoms with Gasteiger partial charge < -0.3 is 10.2 Å². The fourth-order valence-corrected chi connectivity index (χ4v) is 5.20. The molecule has 1 atom stereocenters. The molecular formula is C28H32N4O2. The number of hydrogen-bond donors (Lipinski definition) is 1. The van der Waals surface area contributed by atoms with E-state index in [4.69, 9.17) is 5.10 Å². The molecule has 1 aromatic heterocycles. The van der Waals surface area contributed by atoms with Gasteiger partial charge in [0.1, 0.15) is 0 Å². The number of aryl methyl sites for hydroxylation is 2. The fraction of sp³-hybridized carbons (Fsp3) is 0.393. The third-order valence-corrected chi connectivity index (χ3v) is 7.21. The highest BCUT2D eigenvalue weighted by molar-refractivity contribution is 6.05. The van der Waals surface area contributed by atoms with Crippen molar-refractivity contribution >= 4 is 17.5 Å². The summed E-state index contributed by atoms with van der Waals surface area (Å²) in [6, 6.07) is 14.0. The van der Waals surface area contributed by atoms with Crippen LogP contribution >= 0.6 is 0 Å². The zero-order chi connectivity index (χ0) is 23.8. The number of amides is 2. The molecule has 3 aromatic rings. The van der Waals surface area contributed by atoms with E-state index in [1.807, 2.05) is 46.8 Å². The minimum absolute atomic E-state index is 0.0721. The van der Waals surface area contributed by atoms with Crippen LogP contribution in [-0.4, -0.2) is 39.1 Å². The summed E-state index contributed by atoms with van der Waals surface area (Å²) in [5.41, 5.74) is 7.10. The summed E-state index contributed by atoms with van der Waals surface area (Å²) >= 11 is 0. The van der Waals surface area contributed by atoms with Crippen molar-refractivity contribution in [3.63, 3.8) is 0 Å². The van der Waals surface area contributed by atoms with Crippen molar-refractivity contribution in [3.8, 4) is 5.69 Å². The van der Waals surface area contributed by atoms with Crippen molar-refractivity contribution in [2.75, 3.05) is 11.9 Å². The minimum Gasteiger partial charge on any atom is -0.336 e. The average Bonchev–Trinajstić information content (AvgIpc) is 3.44. The fourth-order valence-electron chi connectivity index (χ4n) is 5.20. The number of fused-ring (bicyclic) bond motifs is 1. The Labute approximate surface area is 201 Å². The highest BCUT2D eigenvalue weighted by Crippen LogP contribution is 2.29. The summed E-state index contributed by atoms with van der Waals surface area (Å²) in [6.07, 6.45) is 6.11. The minimum atomic E-state index is -0.198. The predicted molar refractivity (Wildman–Crippen MR) is 134 cm³/mol. The number of nitrogens with one attached hydrogen (secondary N) is 1. The van der Waals surface area contributed by atoms with Crippen LogP contribution in [0.5, 0.6) is 0 Å². The van der Waals surface area contributed by atoms with Crippen molar-refractivity contribution in [2.45, 2.75) is 65.3 Å². The first-order chi connectivity index (χ1) is 16.4. The largest absolute Gasteiger partial charge is 0.336 e. The SMILES string of the molecule is Cc1ccc(-n2nc(C(=O)Nc3ccc(C(=O)N4CCCC[C@H]4C)cc3C)c3c2CCC3)cc1. The number of piperidine rings is 1. The molecule has 1 fully saturated rings. The molecule has 0 spiro atoms. The second-order valence-electron chi connectivity index (χ2n) is 9.70. The lowest BCUT2D eigenvalue weighted by atomic mass is 10.0. The van der Waals surface area contributed by atoms with Crippen molar-refractivity contribution in [1.82, 2.24) is 14.7 Å². The molecule has 6 nitrogen and oxygen atoms in total. The van der Waals surface area contributed by atoms with Crippen LogP contribution in [0.4, 0.5) is 5.69 Å². The van der Waals surface area contributed by atoms with E-state index < -0.39 is 0 Å². The average molecular weight is 457 g/mol. The molecule has 1 aliphatic carbocycles. The maximum Gasteiger partial charge on any atom is 0.276 e. The number of carbonyl (C=O) groups excluding carboxylic acids is 2. The van der Waals surface area contributed by atoms with Gasteiger partial charge in [0, 0.05) is 35.1 Å². The molecule has 2 heterocycles. The Morgan fingerprint density at radius 3 is 2.53 bits per heavy atom. The van der Waals surface area contributed by atoms with Crippen LogP contribution in [0, 0.1) is 13.8 Å². The summed E-state index contributed by atoms with van der Waals surface area (Å²) in [7, 11) is 0. The normalized spacial score (nSPS) is 17.5. The summed E-state index contributed by atoms with van der Waals surface area (Å²) in [5.74, 6) is -0.126. The first-order valence-corrected chi connectivity index (χ1v) is 12.3. The molecule has 0 unspecified atom stereocenters. The van der Waals surface area contributed by atoms with Crippen LogP contribution in [0.3, 0.4) is 0 Å². The van der Waals surface area contributed by atoms with Crippen LogP contribution in [-0.2, 0) is 12.8 Å². The molecule has 0 saturated carbocycles. The predicted octanol–water partition coefficient (Wildman–Crippen LogP) is 5.24. The lowest BCUT2D eigenvalue weighted by molar-refractivity contribution is 0.0635. The molecular weight excluding hydrogens is 424 g/mol. The van der Waals surface area contributed by atoms with Crippen LogP contribution < -0.4 is 5.32 Å².